The third kappa shape index (κ3) is 5.38. The Balaban J connectivity index is 2.51. The molecule has 120 valence electrons. The fraction of sp³-hybridized carbons (Fsp3) is 0.529. The van der Waals surface area contributed by atoms with Gasteiger partial charge in [-0.25, -0.2) is 4.79 Å². The lowest BCUT2D eigenvalue weighted by Crippen LogP contribution is -2.44. The van der Waals surface area contributed by atoms with Crippen LogP contribution in [0.1, 0.15) is 33.3 Å². The molecule has 0 aliphatic rings. The van der Waals surface area contributed by atoms with Crippen molar-refractivity contribution >= 4 is 11.7 Å². The Labute approximate surface area is 132 Å². The molecule has 0 saturated heterocycles. The van der Waals surface area contributed by atoms with Crippen molar-refractivity contribution in [3.63, 3.8) is 0 Å². The van der Waals surface area contributed by atoms with Gasteiger partial charge in [-0.05, 0) is 23.6 Å². The van der Waals surface area contributed by atoms with Gasteiger partial charge in [-0.2, -0.15) is 5.26 Å². The van der Waals surface area contributed by atoms with Gasteiger partial charge in [0.25, 0.3) is 0 Å². The van der Waals surface area contributed by atoms with Crippen molar-refractivity contribution in [1.29, 1.82) is 5.26 Å². The Morgan fingerprint density at radius 1 is 1.32 bits per heavy atom. The highest BCUT2D eigenvalue weighted by Crippen LogP contribution is 2.25. The number of rotatable bonds is 6. The molecule has 1 aromatic carbocycles. The number of carbonyl (C=O) groups is 1. The van der Waals surface area contributed by atoms with E-state index >= 15 is 0 Å². The fourth-order valence-electron chi connectivity index (χ4n) is 2.29. The first kappa shape index (κ1) is 18.0. The number of hydrogen-bond acceptors (Lipinski definition) is 3. The maximum absolute atomic E-state index is 11.9. The molecule has 0 aliphatic carbocycles. The van der Waals surface area contributed by atoms with Gasteiger partial charge in [-0.1, -0.05) is 39.8 Å². The lowest BCUT2D eigenvalue weighted by atomic mass is 9.81. The van der Waals surface area contributed by atoms with E-state index in [9.17, 15) is 9.90 Å². The minimum atomic E-state index is -0.488. The number of carbonyl (C=O) groups excluding carboxylic acids is 1. The van der Waals surface area contributed by atoms with Gasteiger partial charge in [0.15, 0.2) is 0 Å². The number of urea groups is 1. The highest BCUT2D eigenvalue weighted by Gasteiger charge is 2.30. The average Bonchev–Trinajstić information content (AvgIpc) is 2.46. The van der Waals surface area contributed by atoms with Gasteiger partial charge in [0.2, 0.25) is 0 Å². The third-order valence-corrected chi connectivity index (χ3v) is 3.63. The Hall–Kier alpha value is -2.06. The van der Waals surface area contributed by atoms with Gasteiger partial charge < -0.3 is 15.7 Å². The summed E-state index contributed by atoms with van der Waals surface area (Å²) in [4.78, 5) is 11.9. The van der Waals surface area contributed by atoms with Gasteiger partial charge >= 0.3 is 6.03 Å². The molecule has 0 aliphatic heterocycles. The van der Waals surface area contributed by atoms with Crippen LogP contribution in [0.4, 0.5) is 10.5 Å². The molecule has 0 radical (unpaired) electrons. The van der Waals surface area contributed by atoms with Crippen LogP contribution in [-0.4, -0.2) is 23.8 Å². The molecule has 1 rings (SSSR count). The zero-order valence-electron chi connectivity index (χ0n) is 13.7. The van der Waals surface area contributed by atoms with E-state index in [2.05, 4.69) is 16.7 Å². The molecule has 0 bridgehead atoms. The summed E-state index contributed by atoms with van der Waals surface area (Å²) in [6.07, 6.45) is -0.133. The number of hydrogen-bond donors (Lipinski definition) is 3. The molecule has 5 nitrogen and oxygen atoms in total. The Morgan fingerprint density at radius 3 is 2.41 bits per heavy atom. The number of nitrogens with one attached hydrogen (secondary N) is 2. The normalized spacial score (nSPS) is 12.6. The molecule has 22 heavy (non-hydrogen) atoms. The van der Waals surface area contributed by atoms with E-state index in [1.54, 1.807) is 12.1 Å². The first-order valence-electron chi connectivity index (χ1n) is 7.45. The lowest BCUT2D eigenvalue weighted by molar-refractivity contribution is 0.0154. The molecule has 3 N–H and O–H groups in total. The second-order valence-electron chi connectivity index (χ2n) is 6.52. The summed E-state index contributed by atoms with van der Waals surface area (Å²) in [6, 6.07) is 8.92. The number of nitriles is 1. The van der Waals surface area contributed by atoms with E-state index in [0.29, 0.717) is 18.7 Å². The molecule has 0 aromatic heterocycles. The van der Waals surface area contributed by atoms with Crippen LogP contribution < -0.4 is 10.6 Å². The van der Waals surface area contributed by atoms with Crippen LogP contribution >= 0.6 is 0 Å². The molecule has 0 fully saturated rings. The Bertz CT molecular complexity index is 530. The summed E-state index contributed by atoms with van der Waals surface area (Å²) in [6.45, 7) is 8.14. The minimum absolute atomic E-state index is 0.132. The van der Waals surface area contributed by atoms with Crippen molar-refractivity contribution in [2.24, 2.45) is 11.3 Å². The number of anilines is 1. The largest absolute Gasteiger partial charge is 0.392 e. The van der Waals surface area contributed by atoms with E-state index in [0.717, 1.165) is 5.56 Å². The van der Waals surface area contributed by atoms with Crippen LogP contribution in [0.2, 0.25) is 0 Å². The topological polar surface area (TPSA) is 85.2 Å². The zero-order valence-corrected chi connectivity index (χ0v) is 13.7. The first-order chi connectivity index (χ1) is 10.3. The number of nitrogens with zero attached hydrogens (tertiary/aromatic N) is 1. The van der Waals surface area contributed by atoms with Crippen molar-refractivity contribution in [2.75, 3.05) is 11.9 Å². The predicted molar refractivity (Wildman–Crippen MR) is 87.4 cm³/mol. The highest BCUT2D eigenvalue weighted by atomic mass is 16.3. The van der Waals surface area contributed by atoms with Crippen LogP contribution in [0.3, 0.4) is 0 Å². The second-order valence-corrected chi connectivity index (χ2v) is 6.52. The van der Waals surface area contributed by atoms with Gasteiger partial charge in [0.05, 0.1) is 18.6 Å². The fourth-order valence-corrected chi connectivity index (χ4v) is 2.29. The van der Waals surface area contributed by atoms with E-state index in [1.807, 2.05) is 39.8 Å². The van der Waals surface area contributed by atoms with Gasteiger partial charge in [-0.3, -0.25) is 0 Å². The van der Waals surface area contributed by atoms with Crippen LogP contribution in [0, 0.1) is 22.7 Å². The molecular weight excluding hydrogens is 278 g/mol. The van der Waals surface area contributed by atoms with Crippen molar-refractivity contribution in [2.45, 2.75) is 40.2 Å². The molecule has 5 heteroatoms. The van der Waals surface area contributed by atoms with Crippen molar-refractivity contribution in [3.05, 3.63) is 29.8 Å². The number of amides is 2. The molecule has 1 atom stereocenters. The number of aliphatic hydroxyl groups excluding tert-OH is 1. The third-order valence-electron chi connectivity index (χ3n) is 3.63. The van der Waals surface area contributed by atoms with E-state index in [1.165, 1.54) is 0 Å². The molecule has 1 aromatic rings. The monoisotopic (exact) mass is 303 g/mol. The molecule has 0 heterocycles. The zero-order chi connectivity index (χ0) is 16.8. The quantitative estimate of drug-likeness (QED) is 0.755. The number of benzene rings is 1. The molecular formula is C17H25N3O2. The van der Waals surface area contributed by atoms with E-state index in [4.69, 9.17) is 5.26 Å². The second kappa shape index (κ2) is 7.81. The van der Waals surface area contributed by atoms with Crippen molar-refractivity contribution in [3.8, 4) is 6.07 Å². The highest BCUT2D eigenvalue weighted by molar-refractivity contribution is 5.89. The Kier molecular flexibility index (Phi) is 6.39. The van der Waals surface area contributed by atoms with Gasteiger partial charge in [-0.15, -0.1) is 0 Å². The summed E-state index contributed by atoms with van der Waals surface area (Å²) in [5.74, 6) is 0.132. The van der Waals surface area contributed by atoms with Gasteiger partial charge in [0.1, 0.15) is 0 Å². The Morgan fingerprint density at radius 2 is 1.91 bits per heavy atom. The average molecular weight is 303 g/mol. The summed E-state index contributed by atoms with van der Waals surface area (Å²) in [5.41, 5.74) is 1.18. The summed E-state index contributed by atoms with van der Waals surface area (Å²) < 4.78 is 0. The predicted octanol–water partition coefficient (Wildman–Crippen LogP) is 2.92. The van der Waals surface area contributed by atoms with E-state index < -0.39 is 11.5 Å². The van der Waals surface area contributed by atoms with Crippen molar-refractivity contribution in [1.82, 2.24) is 5.32 Å². The molecule has 2 amide bonds. The standard InChI is InChI=1S/C17H25N3O2/c1-12(2)15(21)17(3,4)11-19-16(22)20-14-7-5-13(6-8-14)9-10-18/h5-8,12,15,21H,9,11H2,1-4H3,(H2,19,20,22). The molecule has 0 saturated carbocycles. The lowest BCUT2D eigenvalue weighted by Gasteiger charge is -2.33. The molecule has 0 spiro atoms. The van der Waals surface area contributed by atoms with Crippen LogP contribution in [0.25, 0.3) is 0 Å². The number of aliphatic hydroxyl groups is 1. The SMILES string of the molecule is CC(C)C(O)C(C)(C)CNC(=O)Nc1ccc(CC#N)cc1. The van der Waals surface area contributed by atoms with E-state index in [-0.39, 0.29) is 11.9 Å². The van der Waals surface area contributed by atoms with Crippen LogP contribution in [0.15, 0.2) is 24.3 Å². The summed E-state index contributed by atoms with van der Waals surface area (Å²) >= 11 is 0. The first-order valence-corrected chi connectivity index (χ1v) is 7.45. The smallest absolute Gasteiger partial charge is 0.319 e. The van der Waals surface area contributed by atoms with Crippen LogP contribution in [-0.2, 0) is 6.42 Å². The van der Waals surface area contributed by atoms with Gasteiger partial charge in [0, 0.05) is 17.6 Å². The maximum atomic E-state index is 11.9. The van der Waals surface area contributed by atoms with Crippen LogP contribution in [0.5, 0.6) is 0 Å². The minimum Gasteiger partial charge on any atom is -0.392 e. The molecule has 1 unspecified atom stereocenters. The maximum Gasteiger partial charge on any atom is 0.319 e. The van der Waals surface area contributed by atoms with Crippen molar-refractivity contribution < 1.29 is 9.90 Å². The summed E-state index contributed by atoms with van der Waals surface area (Å²) in [5, 5.41) is 24.3. The summed E-state index contributed by atoms with van der Waals surface area (Å²) in [7, 11) is 0.